The standard InChI is InChI=1S/C15H12BrFO2/c1-9-3-4-12(8-15(9)17)19-11-5-6-13(10(2)18)14(16)7-11/h3-8H,1-2H3. The molecule has 0 radical (unpaired) electrons. The quantitative estimate of drug-likeness (QED) is 0.752. The van der Waals surface area contributed by atoms with Crippen LogP contribution in [-0.4, -0.2) is 5.78 Å². The van der Waals surface area contributed by atoms with Crippen LogP contribution in [0.3, 0.4) is 0 Å². The molecule has 0 N–H and O–H groups in total. The van der Waals surface area contributed by atoms with Crippen LogP contribution >= 0.6 is 15.9 Å². The zero-order chi connectivity index (χ0) is 14.0. The summed E-state index contributed by atoms with van der Waals surface area (Å²) in [5.41, 5.74) is 1.16. The van der Waals surface area contributed by atoms with Crippen molar-refractivity contribution in [2.24, 2.45) is 0 Å². The van der Waals surface area contributed by atoms with E-state index in [0.29, 0.717) is 27.1 Å². The monoisotopic (exact) mass is 322 g/mol. The van der Waals surface area contributed by atoms with Crippen LogP contribution in [0, 0.1) is 12.7 Å². The molecule has 0 aliphatic rings. The van der Waals surface area contributed by atoms with Crippen LogP contribution in [0.25, 0.3) is 0 Å². The SMILES string of the molecule is CC(=O)c1ccc(Oc2ccc(C)c(F)c2)cc1Br. The predicted molar refractivity (Wildman–Crippen MR) is 75.4 cm³/mol. The van der Waals surface area contributed by atoms with Crippen molar-refractivity contribution in [2.45, 2.75) is 13.8 Å². The molecule has 4 heteroatoms. The number of aryl methyl sites for hydroxylation is 1. The molecule has 0 aliphatic carbocycles. The minimum atomic E-state index is -0.308. The van der Waals surface area contributed by atoms with Gasteiger partial charge in [-0.25, -0.2) is 4.39 Å². The Balaban J connectivity index is 2.26. The third kappa shape index (κ3) is 3.20. The minimum absolute atomic E-state index is 0.0280. The van der Waals surface area contributed by atoms with Gasteiger partial charge in [0.2, 0.25) is 0 Å². The molecule has 2 aromatic rings. The molecule has 0 spiro atoms. The summed E-state index contributed by atoms with van der Waals surface area (Å²) in [6.45, 7) is 3.19. The van der Waals surface area contributed by atoms with Gasteiger partial charge >= 0.3 is 0 Å². The molecule has 0 saturated carbocycles. The molecule has 0 fully saturated rings. The Labute approximate surface area is 119 Å². The lowest BCUT2D eigenvalue weighted by atomic mass is 10.1. The van der Waals surface area contributed by atoms with E-state index in [4.69, 9.17) is 4.74 Å². The molecule has 2 aromatic carbocycles. The van der Waals surface area contributed by atoms with Crippen LogP contribution in [0.15, 0.2) is 40.9 Å². The van der Waals surface area contributed by atoms with Gasteiger partial charge < -0.3 is 4.74 Å². The van der Waals surface area contributed by atoms with E-state index in [9.17, 15) is 9.18 Å². The number of hydrogen-bond acceptors (Lipinski definition) is 2. The van der Waals surface area contributed by atoms with Crippen molar-refractivity contribution in [2.75, 3.05) is 0 Å². The third-order valence-electron chi connectivity index (χ3n) is 2.70. The molecule has 19 heavy (non-hydrogen) atoms. The molecule has 0 unspecified atom stereocenters. The van der Waals surface area contributed by atoms with Gasteiger partial charge in [0.05, 0.1) is 0 Å². The van der Waals surface area contributed by atoms with Gasteiger partial charge in [0, 0.05) is 16.1 Å². The summed E-state index contributed by atoms with van der Waals surface area (Å²) in [7, 11) is 0. The summed E-state index contributed by atoms with van der Waals surface area (Å²) in [6, 6.07) is 9.73. The largest absolute Gasteiger partial charge is 0.457 e. The molecule has 0 aliphatic heterocycles. The molecule has 0 heterocycles. The molecular formula is C15H12BrFO2. The average molecular weight is 323 g/mol. The summed E-state index contributed by atoms with van der Waals surface area (Å²) >= 11 is 3.31. The van der Waals surface area contributed by atoms with Crippen molar-refractivity contribution >= 4 is 21.7 Å². The van der Waals surface area contributed by atoms with Crippen LogP contribution in [0.4, 0.5) is 4.39 Å². The first-order valence-electron chi connectivity index (χ1n) is 5.72. The number of benzene rings is 2. The first-order valence-corrected chi connectivity index (χ1v) is 6.51. The van der Waals surface area contributed by atoms with E-state index in [1.807, 2.05) is 0 Å². The lowest BCUT2D eigenvalue weighted by Gasteiger charge is -2.08. The molecule has 0 amide bonds. The Hall–Kier alpha value is -1.68. The number of ether oxygens (including phenoxy) is 1. The summed E-state index contributed by atoms with van der Waals surface area (Å²) in [6.07, 6.45) is 0. The Kier molecular flexibility index (Phi) is 4.00. The van der Waals surface area contributed by atoms with Crippen molar-refractivity contribution in [1.29, 1.82) is 0 Å². The normalized spacial score (nSPS) is 10.3. The fraction of sp³-hybridized carbons (Fsp3) is 0.133. The van der Waals surface area contributed by atoms with Gasteiger partial charge in [0.25, 0.3) is 0 Å². The molecular weight excluding hydrogens is 311 g/mol. The predicted octanol–water partition coefficient (Wildman–Crippen LogP) is 4.89. The van der Waals surface area contributed by atoms with Crippen molar-refractivity contribution < 1.29 is 13.9 Å². The van der Waals surface area contributed by atoms with Crippen molar-refractivity contribution in [3.8, 4) is 11.5 Å². The summed E-state index contributed by atoms with van der Waals surface area (Å²) in [4.78, 5) is 11.3. The second kappa shape index (κ2) is 5.53. The molecule has 0 bridgehead atoms. The first-order chi connectivity index (χ1) is 8.97. The highest BCUT2D eigenvalue weighted by Crippen LogP contribution is 2.28. The van der Waals surface area contributed by atoms with E-state index >= 15 is 0 Å². The molecule has 2 rings (SSSR count). The maximum atomic E-state index is 13.4. The number of halogens is 2. The van der Waals surface area contributed by atoms with E-state index in [1.165, 1.54) is 13.0 Å². The topological polar surface area (TPSA) is 26.3 Å². The zero-order valence-electron chi connectivity index (χ0n) is 10.5. The summed E-state index contributed by atoms with van der Waals surface area (Å²) in [5.74, 6) is 0.627. The number of carbonyl (C=O) groups is 1. The molecule has 98 valence electrons. The summed E-state index contributed by atoms with van der Waals surface area (Å²) in [5, 5.41) is 0. The molecule has 0 aromatic heterocycles. The van der Waals surface area contributed by atoms with Crippen LogP contribution in [0.2, 0.25) is 0 Å². The fourth-order valence-electron chi connectivity index (χ4n) is 1.62. The van der Waals surface area contributed by atoms with Crippen LogP contribution < -0.4 is 4.74 Å². The fourth-order valence-corrected chi connectivity index (χ4v) is 2.25. The number of rotatable bonds is 3. The minimum Gasteiger partial charge on any atom is -0.457 e. The van der Waals surface area contributed by atoms with E-state index < -0.39 is 0 Å². The van der Waals surface area contributed by atoms with Crippen molar-refractivity contribution in [3.05, 3.63) is 57.8 Å². The highest BCUT2D eigenvalue weighted by molar-refractivity contribution is 9.10. The number of hydrogen-bond donors (Lipinski definition) is 0. The third-order valence-corrected chi connectivity index (χ3v) is 3.35. The first kappa shape index (κ1) is 13.7. The Morgan fingerprint density at radius 2 is 1.79 bits per heavy atom. The highest BCUT2D eigenvalue weighted by Gasteiger charge is 2.07. The Morgan fingerprint density at radius 1 is 1.16 bits per heavy atom. The number of carbonyl (C=O) groups excluding carboxylic acids is 1. The molecule has 2 nitrogen and oxygen atoms in total. The van der Waals surface area contributed by atoms with E-state index in [2.05, 4.69) is 15.9 Å². The van der Waals surface area contributed by atoms with Gasteiger partial charge in [0.15, 0.2) is 5.78 Å². The van der Waals surface area contributed by atoms with Gasteiger partial charge in [-0.05, 0) is 59.6 Å². The molecule has 0 saturated heterocycles. The van der Waals surface area contributed by atoms with Gasteiger partial charge in [-0.3, -0.25) is 4.79 Å². The number of ketones is 1. The van der Waals surface area contributed by atoms with E-state index in [1.54, 1.807) is 37.3 Å². The van der Waals surface area contributed by atoms with Gasteiger partial charge in [-0.15, -0.1) is 0 Å². The summed E-state index contributed by atoms with van der Waals surface area (Å²) < 4.78 is 19.6. The lowest BCUT2D eigenvalue weighted by molar-refractivity contribution is 0.101. The van der Waals surface area contributed by atoms with Crippen molar-refractivity contribution in [1.82, 2.24) is 0 Å². The smallest absolute Gasteiger partial charge is 0.160 e. The lowest BCUT2D eigenvalue weighted by Crippen LogP contribution is -1.94. The number of Topliss-reactive ketones (excluding diaryl/α,β-unsaturated/α-hetero) is 1. The Bertz CT molecular complexity index is 638. The average Bonchev–Trinajstić information content (AvgIpc) is 2.33. The van der Waals surface area contributed by atoms with Crippen LogP contribution in [0.1, 0.15) is 22.8 Å². The van der Waals surface area contributed by atoms with E-state index in [0.717, 1.165) is 0 Å². The van der Waals surface area contributed by atoms with Gasteiger partial charge in [-0.1, -0.05) is 6.07 Å². The van der Waals surface area contributed by atoms with Crippen molar-refractivity contribution in [3.63, 3.8) is 0 Å². The maximum Gasteiger partial charge on any atom is 0.160 e. The Morgan fingerprint density at radius 3 is 2.37 bits per heavy atom. The second-order valence-electron chi connectivity index (χ2n) is 4.21. The van der Waals surface area contributed by atoms with Crippen LogP contribution in [-0.2, 0) is 0 Å². The highest BCUT2D eigenvalue weighted by atomic mass is 79.9. The second-order valence-corrected chi connectivity index (χ2v) is 5.07. The molecule has 0 atom stereocenters. The van der Waals surface area contributed by atoms with Gasteiger partial charge in [0.1, 0.15) is 17.3 Å². The van der Waals surface area contributed by atoms with Crippen LogP contribution in [0.5, 0.6) is 11.5 Å². The zero-order valence-corrected chi connectivity index (χ0v) is 12.1. The van der Waals surface area contributed by atoms with E-state index in [-0.39, 0.29) is 11.6 Å². The maximum absolute atomic E-state index is 13.4. The van der Waals surface area contributed by atoms with Gasteiger partial charge in [-0.2, -0.15) is 0 Å².